The van der Waals surface area contributed by atoms with E-state index >= 15 is 0 Å². The maximum atomic E-state index is 12.4. The summed E-state index contributed by atoms with van der Waals surface area (Å²) < 4.78 is 0. The summed E-state index contributed by atoms with van der Waals surface area (Å²) in [7, 11) is 0. The predicted molar refractivity (Wildman–Crippen MR) is 112 cm³/mol. The largest absolute Gasteiger partial charge is 0.399 e. The second-order valence-corrected chi connectivity index (χ2v) is 6.51. The first-order chi connectivity index (χ1) is 13.9. The lowest BCUT2D eigenvalue weighted by Gasteiger charge is -2.22. The number of amides is 2. The lowest BCUT2D eigenvalue weighted by molar-refractivity contribution is -0.132. The second-order valence-electron chi connectivity index (χ2n) is 6.51. The van der Waals surface area contributed by atoms with Crippen molar-refractivity contribution in [2.75, 3.05) is 5.73 Å². The minimum Gasteiger partial charge on any atom is -0.399 e. The van der Waals surface area contributed by atoms with Crippen molar-refractivity contribution in [3.8, 4) is 23.7 Å². The average molecular weight is 389 g/mol. The van der Waals surface area contributed by atoms with Crippen LogP contribution in [0, 0.1) is 29.6 Å². The molecule has 0 radical (unpaired) electrons. The topological polar surface area (TPSA) is 104 Å². The van der Waals surface area contributed by atoms with Gasteiger partial charge in [0.1, 0.15) is 6.04 Å². The average Bonchev–Trinajstić information content (AvgIpc) is 2.75. The van der Waals surface area contributed by atoms with E-state index in [1.54, 1.807) is 41.9 Å². The van der Waals surface area contributed by atoms with Gasteiger partial charge in [0.2, 0.25) is 0 Å². The third kappa shape index (κ3) is 6.42. The molecule has 0 aliphatic carbocycles. The molecule has 29 heavy (non-hydrogen) atoms. The zero-order valence-electron chi connectivity index (χ0n) is 16.3. The third-order valence-electron chi connectivity index (χ3n) is 4.43. The van der Waals surface area contributed by atoms with E-state index in [2.05, 4.69) is 29.0 Å². The van der Waals surface area contributed by atoms with E-state index < -0.39 is 17.9 Å². The van der Waals surface area contributed by atoms with E-state index in [1.807, 2.05) is 26.0 Å². The monoisotopic (exact) mass is 389 g/mol. The first kappa shape index (κ1) is 21.6. The number of nitrogens with two attached hydrogens (primary N) is 1. The first-order valence-corrected chi connectivity index (χ1v) is 9.17. The summed E-state index contributed by atoms with van der Waals surface area (Å²) in [4.78, 5) is 24.2. The number of nitrogens with one attached hydrogen (secondary N) is 2. The van der Waals surface area contributed by atoms with Crippen LogP contribution in [0.2, 0.25) is 0 Å². The van der Waals surface area contributed by atoms with Gasteiger partial charge in [0, 0.05) is 22.4 Å². The standard InChI is InChI=1S/C23H23N3O3/c1-3-16(2)21(23(28)26-29)25-22(27)19-12-8-17(9-13-19)6-4-5-7-18-10-14-20(24)15-11-18/h8-16,21,29H,3,24H2,1-2H3,(H,25,27)(H,26,28). The second kappa shape index (κ2) is 10.6. The molecule has 2 aromatic rings. The van der Waals surface area contributed by atoms with Gasteiger partial charge in [-0.1, -0.05) is 32.1 Å². The summed E-state index contributed by atoms with van der Waals surface area (Å²) in [6, 6.07) is 13.0. The Bertz CT molecular complexity index is 975. The van der Waals surface area contributed by atoms with E-state index in [4.69, 9.17) is 10.9 Å². The first-order valence-electron chi connectivity index (χ1n) is 9.17. The van der Waals surface area contributed by atoms with Crippen molar-refractivity contribution < 1.29 is 14.8 Å². The number of hydroxylamine groups is 1. The number of carbonyl (C=O) groups is 2. The minimum atomic E-state index is -0.819. The van der Waals surface area contributed by atoms with Gasteiger partial charge >= 0.3 is 0 Å². The number of benzene rings is 2. The van der Waals surface area contributed by atoms with Gasteiger partial charge in [-0.15, -0.1) is 0 Å². The normalized spacial score (nSPS) is 11.7. The van der Waals surface area contributed by atoms with Gasteiger partial charge in [0.25, 0.3) is 11.8 Å². The molecule has 6 nitrogen and oxygen atoms in total. The minimum absolute atomic E-state index is 0.129. The quantitative estimate of drug-likeness (QED) is 0.273. The fourth-order valence-electron chi connectivity index (χ4n) is 2.47. The van der Waals surface area contributed by atoms with Crippen LogP contribution in [0.4, 0.5) is 5.69 Å². The maximum Gasteiger partial charge on any atom is 0.266 e. The van der Waals surface area contributed by atoms with Crippen molar-refractivity contribution in [3.05, 3.63) is 65.2 Å². The van der Waals surface area contributed by atoms with E-state index in [-0.39, 0.29) is 5.92 Å². The van der Waals surface area contributed by atoms with Crippen LogP contribution in [0.15, 0.2) is 48.5 Å². The van der Waals surface area contributed by atoms with Crippen LogP contribution in [-0.2, 0) is 4.79 Å². The summed E-state index contributed by atoms with van der Waals surface area (Å²) in [6.07, 6.45) is 0.671. The van der Waals surface area contributed by atoms with E-state index in [0.717, 1.165) is 5.56 Å². The molecule has 0 aliphatic rings. The summed E-state index contributed by atoms with van der Waals surface area (Å²) in [5, 5.41) is 11.5. The van der Waals surface area contributed by atoms with Crippen molar-refractivity contribution >= 4 is 17.5 Å². The smallest absolute Gasteiger partial charge is 0.266 e. The lowest BCUT2D eigenvalue weighted by atomic mass is 9.98. The highest BCUT2D eigenvalue weighted by atomic mass is 16.5. The number of nitrogen functional groups attached to an aromatic ring is 1. The van der Waals surface area contributed by atoms with Crippen molar-refractivity contribution in [3.63, 3.8) is 0 Å². The van der Waals surface area contributed by atoms with Crippen molar-refractivity contribution in [1.82, 2.24) is 10.8 Å². The fourth-order valence-corrected chi connectivity index (χ4v) is 2.47. The molecule has 2 unspecified atom stereocenters. The molecule has 0 saturated heterocycles. The van der Waals surface area contributed by atoms with Crippen LogP contribution in [-0.4, -0.2) is 23.1 Å². The zero-order valence-corrected chi connectivity index (χ0v) is 16.3. The van der Waals surface area contributed by atoms with Crippen molar-refractivity contribution in [2.24, 2.45) is 5.92 Å². The Morgan fingerprint density at radius 2 is 1.52 bits per heavy atom. The number of carbonyl (C=O) groups excluding carboxylic acids is 2. The highest BCUT2D eigenvalue weighted by Gasteiger charge is 2.25. The van der Waals surface area contributed by atoms with Gasteiger partial charge < -0.3 is 11.1 Å². The molecule has 0 saturated carbocycles. The van der Waals surface area contributed by atoms with Gasteiger partial charge in [-0.2, -0.15) is 0 Å². The van der Waals surface area contributed by atoms with Crippen LogP contribution in [0.5, 0.6) is 0 Å². The highest BCUT2D eigenvalue weighted by Crippen LogP contribution is 2.10. The molecule has 0 aromatic heterocycles. The maximum absolute atomic E-state index is 12.4. The summed E-state index contributed by atoms with van der Waals surface area (Å²) in [5.41, 5.74) is 9.82. The van der Waals surface area contributed by atoms with Crippen LogP contribution < -0.4 is 16.5 Å². The molecule has 0 fully saturated rings. The molecule has 148 valence electrons. The summed E-state index contributed by atoms with van der Waals surface area (Å²) >= 11 is 0. The van der Waals surface area contributed by atoms with Crippen molar-refractivity contribution in [1.29, 1.82) is 0 Å². The molecule has 0 bridgehead atoms. The molecule has 6 heteroatoms. The molecule has 0 heterocycles. The SMILES string of the molecule is CCC(C)C(NC(=O)c1ccc(C#CC#Cc2ccc(N)cc2)cc1)C(=O)NO. The Morgan fingerprint density at radius 3 is 2.00 bits per heavy atom. The van der Waals surface area contributed by atoms with Crippen LogP contribution >= 0.6 is 0 Å². The van der Waals surface area contributed by atoms with Gasteiger partial charge in [0.15, 0.2) is 0 Å². The molecule has 2 atom stereocenters. The summed E-state index contributed by atoms with van der Waals surface area (Å²) in [6.45, 7) is 3.72. The van der Waals surface area contributed by atoms with E-state index in [1.165, 1.54) is 0 Å². The Morgan fingerprint density at radius 1 is 1.00 bits per heavy atom. The molecule has 2 amide bonds. The van der Waals surface area contributed by atoms with Crippen molar-refractivity contribution in [2.45, 2.75) is 26.3 Å². The Hall–Kier alpha value is -3.74. The van der Waals surface area contributed by atoms with Gasteiger partial charge in [-0.3, -0.25) is 14.8 Å². The Balaban J connectivity index is 2.04. The van der Waals surface area contributed by atoms with Crippen LogP contribution in [0.25, 0.3) is 0 Å². The molecular weight excluding hydrogens is 366 g/mol. The molecule has 0 spiro atoms. The molecule has 0 aliphatic heterocycles. The highest BCUT2D eigenvalue weighted by molar-refractivity contribution is 5.97. The van der Waals surface area contributed by atoms with Gasteiger partial charge in [0.05, 0.1) is 0 Å². The molecule has 2 aromatic carbocycles. The Kier molecular flexibility index (Phi) is 7.85. The fraction of sp³-hybridized carbons (Fsp3) is 0.217. The van der Waals surface area contributed by atoms with E-state index in [0.29, 0.717) is 23.2 Å². The lowest BCUT2D eigenvalue weighted by Crippen LogP contribution is -2.49. The van der Waals surface area contributed by atoms with Gasteiger partial charge in [-0.05, 0) is 66.3 Å². The van der Waals surface area contributed by atoms with Crippen LogP contribution in [0.1, 0.15) is 41.8 Å². The number of hydrogen-bond acceptors (Lipinski definition) is 4. The number of anilines is 1. The van der Waals surface area contributed by atoms with E-state index in [9.17, 15) is 9.59 Å². The number of hydrogen-bond donors (Lipinski definition) is 4. The van der Waals surface area contributed by atoms with Gasteiger partial charge in [-0.25, -0.2) is 5.48 Å². The molecular formula is C23H23N3O3. The summed E-state index contributed by atoms with van der Waals surface area (Å²) in [5.74, 6) is 10.2. The Labute approximate surface area is 170 Å². The van der Waals surface area contributed by atoms with Crippen LogP contribution in [0.3, 0.4) is 0 Å². The third-order valence-corrected chi connectivity index (χ3v) is 4.43. The molecule has 5 N–H and O–H groups in total. The number of rotatable bonds is 5. The molecule has 2 rings (SSSR count). The predicted octanol–water partition coefficient (Wildman–Crippen LogP) is 2.32. The zero-order chi connectivity index (χ0) is 21.2.